The van der Waals surface area contributed by atoms with Gasteiger partial charge in [0.05, 0.1) is 6.04 Å². The minimum absolute atomic E-state index is 0.232. The van der Waals surface area contributed by atoms with Crippen LogP contribution < -0.4 is 0 Å². The lowest BCUT2D eigenvalue weighted by atomic mass is 9.68. The Hall–Kier alpha value is -1.61. The van der Waals surface area contributed by atoms with Gasteiger partial charge in [0.25, 0.3) is 5.91 Å². The van der Waals surface area contributed by atoms with E-state index in [0.717, 1.165) is 30.5 Å². The number of hydrogen-bond donors (Lipinski definition) is 0. The Balaban J connectivity index is 1.46. The molecule has 132 valence electrons. The first-order valence-electron chi connectivity index (χ1n) is 10.1. The van der Waals surface area contributed by atoms with Crippen molar-refractivity contribution in [3.05, 3.63) is 47.5 Å². The maximum absolute atomic E-state index is 13.2. The van der Waals surface area contributed by atoms with E-state index in [2.05, 4.69) is 15.9 Å². The van der Waals surface area contributed by atoms with E-state index in [9.17, 15) is 4.79 Å². The molecule has 1 aliphatic carbocycles. The molecule has 3 aliphatic heterocycles. The summed E-state index contributed by atoms with van der Waals surface area (Å²) in [6, 6.07) is 11.0. The molecule has 1 amide bonds. The normalized spacial score (nSPS) is 34.7. The Kier molecular flexibility index (Phi) is 3.93. The highest BCUT2D eigenvalue weighted by molar-refractivity contribution is 5.94. The van der Waals surface area contributed by atoms with Crippen LogP contribution in [0.3, 0.4) is 0 Å². The smallest absolute Gasteiger partial charge is 0.254 e. The molecule has 3 nitrogen and oxygen atoms in total. The summed E-state index contributed by atoms with van der Waals surface area (Å²) in [7, 11) is 0. The zero-order valence-corrected chi connectivity index (χ0v) is 14.9. The van der Waals surface area contributed by atoms with E-state index in [1.165, 1.54) is 45.2 Å². The van der Waals surface area contributed by atoms with Crippen LogP contribution in [-0.2, 0) is 0 Å². The van der Waals surface area contributed by atoms with Crippen molar-refractivity contribution < 1.29 is 4.79 Å². The molecule has 3 heterocycles. The molecular weight excluding hydrogens is 308 g/mol. The van der Waals surface area contributed by atoms with Gasteiger partial charge in [0.2, 0.25) is 0 Å². The van der Waals surface area contributed by atoms with Crippen molar-refractivity contribution in [2.24, 2.45) is 11.8 Å². The highest BCUT2D eigenvalue weighted by atomic mass is 16.2. The first-order chi connectivity index (χ1) is 12.3. The van der Waals surface area contributed by atoms with Gasteiger partial charge in [-0.05, 0) is 62.6 Å². The van der Waals surface area contributed by atoms with Gasteiger partial charge in [0.1, 0.15) is 0 Å². The summed E-state index contributed by atoms with van der Waals surface area (Å²) in [6.07, 6.45) is 10.3. The molecule has 0 saturated carbocycles. The van der Waals surface area contributed by atoms with Crippen LogP contribution in [0.5, 0.6) is 0 Å². The molecule has 1 aromatic rings. The molecule has 3 heteroatoms. The quantitative estimate of drug-likeness (QED) is 0.730. The fraction of sp³-hybridized carbons (Fsp3) is 0.591. The van der Waals surface area contributed by atoms with Gasteiger partial charge >= 0.3 is 0 Å². The van der Waals surface area contributed by atoms with E-state index in [4.69, 9.17) is 0 Å². The number of amides is 1. The third-order valence-corrected chi connectivity index (χ3v) is 6.94. The van der Waals surface area contributed by atoms with Crippen LogP contribution in [0.15, 0.2) is 42.0 Å². The van der Waals surface area contributed by atoms with Crippen molar-refractivity contribution in [2.75, 3.05) is 19.6 Å². The van der Waals surface area contributed by atoms with Crippen LogP contribution in [-0.4, -0.2) is 47.4 Å². The highest BCUT2D eigenvalue weighted by Gasteiger charge is 2.46. The van der Waals surface area contributed by atoms with Gasteiger partial charge in [-0.25, -0.2) is 0 Å². The van der Waals surface area contributed by atoms with Gasteiger partial charge in [-0.2, -0.15) is 0 Å². The largest absolute Gasteiger partial charge is 0.332 e. The van der Waals surface area contributed by atoms with Crippen molar-refractivity contribution in [1.29, 1.82) is 0 Å². The molecule has 25 heavy (non-hydrogen) atoms. The summed E-state index contributed by atoms with van der Waals surface area (Å²) < 4.78 is 0. The number of hydrogen-bond acceptors (Lipinski definition) is 2. The Morgan fingerprint density at radius 2 is 1.92 bits per heavy atom. The molecule has 0 spiro atoms. The summed E-state index contributed by atoms with van der Waals surface area (Å²) in [5.74, 6) is 1.60. The molecule has 2 bridgehead atoms. The topological polar surface area (TPSA) is 23.6 Å². The average molecular weight is 336 g/mol. The first-order valence-corrected chi connectivity index (χ1v) is 10.1. The zero-order chi connectivity index (χ0) is 16.8. The van der Waals surface area contributed by atoms with Crippen LogP contribution in [0.2, 0.25) is 0 Å². The number of benzene rings is 1. The van der Waals surface area contributed by atoms with E-state index in [1.54, 1.807) is 5.57 Å². The predicted octanol–water partition coefficient (Wildman–Crippen LogP) is 3.72. The number of nitrogens with zero attached hydrogens (tertiary/aromatic N) is 2. The number of likely N-dealkylation sites (tertiary alicyclic amines) is 1. The third kappa shape index (κ3) is 2.64. The Morgan fingerprint density at radius 3 is 2.80 bits per heavy atom. The van der Waals surface area contributed by atoms with Gasteiger partial charge in [-0.3, -0.25) is 9.69 Å². The SMILES string of the molecule is O=C(c1ccccc1)N1CCCC2=C[C@H]3C[C@@H](CN4CCCC[C@@H]34)[C@@H]21. The average Bonchev–Trinajstić information content (AvgIpc) is 2.68. The molecule has 3 fully saturated rings. The van der Waals surface area contributed by atoms with Gasteiger partial charge in [0, 0.05) is 24.7 Å². The second-order valence-electron chi connectivity index (χ2n) is 8.37. The molecule has 1 aromatic carbocycles. The van der Waals surface area contributed by atoms with Crippen molar-refractivity contribution >= 4 is 5.91 Å². The second-order valence-corrected chi connectivity index (χ2v) is 8.37. The number of rotatable bonds is 1. The van der Waals surface area contributed by atoms with Crippen LogP contribution in [0.4, 0.5) is 0 Å². The van der Waals surface area contributed by atoms with E-state index < -0.39 is 0 Å². The fourth-order valence-corrected chi connectivity index (χ4v) is 5.95. The van der Waals surface area contributed by atoms with E-state index in [1.807, 2.05) is 30.3 Å². The molecule has 0 unspecified atom stereocenters. The Morgan fingerprint density at radius 1 is 1.04 bits per heavy atom. The number of piperidine rings is 3. The summed E-state index contributed by atoms with van der Waals surface area (Å²) in [6.45, 7) is 3.38. The van der Waals surface area contributed by atoms with Crippen LogP contribution in [0, 0.1) is 11.8 Å². The second kappa shape index (κ2) is 6.28. The Labute approximate surface area is 150 Å². The number of carbonyl (C=O) groups excluding carboxylic acids is 1. The van der Waals surface area contributed by atoms with Crippen molar-refractivity contribution in [3.63, 3.8) is 0 Å². The third-order valence-electron chi connectivity index (χ3n) is 6.94. The van der Waals surface area contributed by atoms with E-state index in [0.29, 0.717) is 12.0 Å². The molecule has 4 aliphatic rings. The zero-order valence-electron chi connectivity index (χ0n) is 14.9. The van der Waals surface area contributed by atoms with E-state index >= 15 is 0 Å². The van der Waals surface area contributed by atoms with Crippen LogP contribution in [0.1, 0.15) is 48.9 Å². The fourth-order valence-electron chi connectivity index (χ4n) is 5.95. The lowest BCUT2D eigenvalue weighted by Gasteiger charge is -2.54. The van der Waals surface area contributed by atoms with Crippen LogP contribution >= 0.6 is 0 Å². The maximum atomic E-state index is 13.2. The summed E-state index contributed by atoms with van der Waals surface area (Å²) >= 11 is 0. The van der Waals surface area contributed by atoms with E-state index in [-0.39, 0.29) is 5.91 Å². The monoisotopic (exact) mass is 336 g/mol. The molecular formula is C22H28N2O. The minimum atomic E-state index is 0.232. The van der Waals surface area contributed by atoms with Gasteiger partial charge in [-0.15, -0.1) is 0 Å². The summed E-state index contributed by atoms with van der Waals surface area (Å²) in [5, 5.41) is 0. The minimum Gasteiger partial charge on any atom is -0.332 e. The van der Waals surface area contributed by atoms with Crippen molar-refractivity contribution in [1.82, 2.24) is 9.80 Å². The first kappa shape index (κ1) is 15.6. The predicted molar refractivity (Wildman–Crippen MR) is 99.4 cm³/mol. The standard InChI is InChI=1S/C22H28N2O/c25-22(16-7-2-1-3-8-16)24-12-6-9-17-13-18-14-19(21(17)24)15-23-11-5-4-10-20(18)23/h1-3,7-8,13,18-21H,4-6,9-12,14-15H2/t18-,19-,20-,21+/m0/s1. The molecule has 0 radical (unpaired) electrons. The molecule has 4 atom stereocenters. The summed E-state index contributed by atoms with van der Waals surface area (Å²) in [4.78, 5) is 18.1. The van der Waals surface area contributed by atoms with Crippen LogP contribution in [0.25, 0.3) is 0 Å². The van der Waals surface area contributed by atoms with Gasteiger partial charge in [0.15, 0.2) is 0 Å². The molecule has 0 aromatic heterocycles. The van der Waals surface area contributed by atoms with Crippen molar-refractivity contribution in [3.8, 4) is 0 Å². The number of fused-ring (bicyclic) bond motifs is 6. The molecule has 3 saturated heterocycles. The maximum Gasteiger partial charge on any atom is 0.254 e. The molecule has 5 rings (SSSR count). The summed E-state index contributed by atoms with van der Waals surface area (Å²) in [5.41, 5.74) is 2.42. The van der Waals surface area contributed by atoms with Gasteiger partial charge in [-0.1, -0.05) is 36.3 Å². The highest BCUT2D eigenvalue weighted by Crippen LogP contribution is 2.45. The lowest BCUT2D eigenvalue weighted by Crippen LogP contribution is -2.60. The lowest BCUT2D eigenvalue weighted by molar-refractivity contribution is 0.00148. The number of carbonyl (C=O) groups is 1. The van der Waals surface area contributed by atoms with Gasteiger partial charge < -0.3 is 4.90 Å². The van der Waals surface area contributed by atoms with Crippen molar-refractivity contribution in [2.45, 2.75) is 50.6 Å². The molecule has 0 N–H and O–H groups in total. The Bertz CT molecular complexity index is 683.